The first-order valence-electron chi connectivity index (χ1n) is 3.01. The Kier molecular flexibility index (Phi) is 5.21. The molecule has 0 radical (unpaired) electrons. The van der Waals surface area contributed by atoms with Crippen LogP contribution in [0.25, 0.3) is 0 Å². The van der Waals surface area contributed by atoms with Gasteiger partial charge in [-0.2, -0.15) is 0 Å². The van der Waals surface area contributed by atoms with Crippen molar-refractivity contribution >= 4 is 57.4 Å². The molecule has 2 nitrogen and oxygen atoms in total. The van der Waals surface area contributed by atoms with Gasteiger partial charge in [0.1, 0.15) is 0 Å². The van der Waals surface area contributed by atoms with E-state index in [9.17, 15) is 4.79 Å². The van der Waals surface area contributed by atoms with Crippen LogP contribution in [0.2, 0.25) is 0 Å². The van der Waals surface area contributed by atoms with Crippen LogP contribution in [-0.4, -0.2) is 62.5 Å². The van der Waals surface area contributed by atoms with Crippen LogP contribution >= 0.6 is 0 Å². The van der Waals surface area contributed by atoms with Gasteiger partial charge in [0, 0.05) is 0 Å². The molecule has 1 aromatic carbocycles. The number of aryl methyl sites for hydroxylation is 1. The topological polar surface area (TPSA) is 37.3 Å². The van der Waals surface area contributed by atoms with Crippen molar-refractivity contribution in [2.24, 2.45) is 0 Å². The van der Waals surface area contributed by atoms with Gasteiger partial charge in [0.05, 0.1) is 5.56 Å². The Morgan fingerprint density at radius 3 is 2.27 bits per heavy atom. The zero-order valence-corrected chi connectivity index (χ0v) is 5.66. The summed E-state index contributed by atoms with van der Waals surface area (Å²) in [5.74, 6) is -0.863. The number of hydrogen-bond acceptors (Lipinski definition) is 1. The van der Waals surface area contributed by atoms with Gasteiger partial charge in [0.2, 0.25) is 0 Å². The molecular formula is C8H9KO2. The van der Waals surface area contributed by atoms with E-state index in [1.807, 2.05) is 6.07 Å². The monoisotopic (exact) mass is 176 g/mol. The molecule has 0 amide bonds. The molecule has 1 aromatic rings. The minimum absolute atomic E-state index is 0. The first-order valence-corrected chi connectivity index (χ1v) is 3.01. The summed E-state index contributed by atoms with van der Waals surface area (Å²) in [6.07, 6.45) is 0. The molecule has 0 heterocycles. The number of carboxylic acid groups (broad SMARTS) is 1. The Hall–Kier alpha value is 0.326. The molecule has 0 saturated carbocycles. The zero-order chi connectivity index (χ0) is 7.56. The van der Waals surface area contributed by atoms with E-state index in [2.05, 4.69) is 0 Å². The van der Waals surface area contributed by atoms with Crippen molar-refractivity contribution in [3.63, 3.8) is 0 Å². The van der Waals surface area contributed by atoms with Crippen LogP contribution in [0.15, 0.2) is 24.3 Å². The maximum absolute atomic E-state index is 10.4. The van der Waals surface area contributed by atoms with Gasteiger partial charge in [-0.25, -0.2) is 4.79 Å². The maximum atomic E-state index is 10.4. The Morgan fingerprint density at radius 2 is 1.91 bits per heavy atom. The van der Waals surface area contributed by atoms with E-state index in [1.165, 1.54) is 0 Å². The van der Waals surface area contributed by atoms with Crippen molar-refractivity contribution in [1.29, 1.82) is 0 Å². The molecular weight excluding hydrogens is 167 g/mol. The fraction of sp³-hybridized carbons (Fsp3) is 0.125. The zero-order valence-electron chi connectivity index (χ0n) is 5.66. The van der Waals surface area contributed by atoms with Crippen LogP contribution in [0, 0.1) is 6.92 Å². The van der Waals surface area contributed by atoms with Crippen molar-refractivity contribution in [2.45, 2.75) is 6.92 Å². The fourth-order valence-electron chi connectivity index (χ4n) is 0.813. The predicted octanol–water partition coefficient (Wildman–Crippen LogP) is 1.04. The first kappa shape index (κ1) is 11.3. The molecule has 0 aliphatic carbocycles. The Bertz CT molecular complexity index is 258. The molecule has 1 N–H and O–H groups in total. The van der Waals surface area contributed by atoms with Gasteiger partial charge in [-0.15, -0.1) is 0 Å². The van der Waals surface area contributed by atoms with Gasteiger partial charge in [0.15, 0.2) is 0 Å². The van der Waals surface area contributed by atoms with E-state index < -0.39 is 5.97 Å². The van der Waals surface area contributed by atoms with Crippen LogP contribution in [0.5, 0.6) is 0 Å². The molecule has 0 aliphatic rings. The van der Waals surface area contributed by atoms with Crippen LogP contribution in [0.1, 0.15) is 15.9 Å². The van der Waals surface area contributed by atoms with Gasteiger partial charge in [0.25, 0.3) is 0 Å². The summed E-state index contributed by atoms with van der Waals surface area (Å²) < 4.78 is 0. The van der Waals surface area contributed by atoms with Crippen molar-refractivity contribution < 1.29 is 9.90 Å². The SMILES string of the molecule is Cc1ccccc1C(=O)O.[KH]. The summed E-state index contributed by atoms with van der Waals surface area (Å²) in [4.78, 5) is 10.4. The fourth-order valence-corrected chi connectivity index (χ4v) is 0.813. The summed E-state index contributed by atoms with van der Waals surface area (Å²) in [5.41, 5.74) is 1.18. The van der Waals surface area contributed by atoms with E-state index in [-0.39, 0.29) is 51.4 Å². The Labute approximate surface area is 108 Å². The van der Waals surface area contributed by atoms with Crippen molar-refractivity contribution in [3.8, 4) is 0 Å². The predicted molar refractivity (Wildman–Crippen MR) is 45.3 cm³/mol. The van der Waals surface area contributed by atoms with Gasteiger partial charge in [-0.05, 0) is 18.6 Å². The number of aromatic carboxylic acids is 1. The number of rotatable bonds is 1. The van der Waals surface area contributed by atoms with E-state index in [4.69, 9.17) is 5.11 Å². The third-order valence-corrected chi connectivity index (χ3v) is 1.38. The quantitative estimate of drug-likeness (QED) is 0.649. The molecule has 0 bridgehead atoms. The van der Waals surface area contributed by atoms with Crippen LogP contribution in [-0.2, 0) is 0 Å². The summed E-state index contributed by atoms with van der Waals surface area (Å²) in [6, 6.07) is 6.92. The molecule has 1 rings (SSSR count). The number of carboxylic acids is 1. The van der Waals surface area contributed by atoms with Gasteiger partial charge in [-0.1, -0.05) is 18.2 Å². The molecule has 54 valence electrons. The van der Waals surface area contributed by atoms with E-state index >= 15 is 0 Å². The third-order valence-electron chi connectivity index (χ3n) is 1.38. The van der Waals surface area contributed by atoms with Crippen molar-refractivity contribution in [1.82, 2.24) is 0 Å². The van der Waals surface area contributed by atoms with E-state index in [1.54, 1.807) is 25.1 Å². The summed E-state index contributed by atoms with van der Waals surface area (Å²) >= 11 is 0. The molecule has 0 aromatic heterocycles. The summed E-state index contributed by atoms with van der Waals surface area (Å²) in [6.45, 7) is 1.78. The van der Waals surface area contributed by atoms with E-state index in [0.717, 1.165) is 5.56 Å². The molecule has 0 atom stereocenters. The summed E-state index contributed by atoms with van der Waals surface area (Å²) in [7, 11) is 0. The standard InChI is InChI=1S/C8H8O2.K.H/c1-6-4-2-3-5-7(6)8(9)10;;/h2-5H,1H3,(H,9,10);;. The summed E-state index contributed by atoms with van der Waals surface area (Å²) in [5, 5.41) is 8.57. The van der Waals surface area contributed by atoms with Crippen molar-refractivity contribution in [2.75, 3.05) is 0 Å². The molecule has 0 spiro atoms. The van der Waals surface area contributed by atoms with Gasteiger partial charge < -0.3 is 5.11 Å². The minimum atomic E-state index is -0.863. The number of benzene rings is 1. The Morgan fingerprint density at radius 1 is 1.36 bits per heavy atom. The van der Waals surface area contributed by atoms with Crippen LogP contribution in [0.3, 0.4) is 0 Å². The second kappa shape index (κ2) is 5.06. The first-order chi connectivity index (χ1) is 4.72. The van der Waals surface area contributed by atoms with Crippen molar-refractivity contribution in [3.05, 3.63) is 35.4 Å². The average molecular weight is 176 g/mol. The molecule has 0 aliphatic heterocycles. The second-order valence-corrected chi connectivity index (χ2v) is 2.12. The molecule has 0 saturated heterocycles. The number of carbonyl (C=O) groups is 1. The van der Waals surface area contributed by atoms with Gasteiger partial charge >= 0.3 is 57.4 Å². The van der Waals surface area contributed by atoms with E-state index in [0.29, 0.717) is 5.56 Å². The molecule has 3 heteroatoms. The van der Waals surface area contributed by atoms with Crippen LogP contribution in [0.4, 0.5) is 0 Å². The van der Waals surface area contributed by atoms with Gasteiger partial charge in [-0.3, -0.25) is 0 Å². The molecule has 0 fully saturated rings. The second-order valence-electron chi connectivity index (χ2n) is 2.12. The average Bonchev–Trinajstić information content (AvgIpc) is 1.88. The number of hydrogen-bond donors (Lipinski definition) is 1. The Balaban J connectivity index is 0.000001000. The molecule has 0 unspecified atom stereocenters. The third kappa shape index (κ3) is 3.05. The molecule has 11 heavy (non-hydrogen) atoms. The normalized spacial score (nSPS) is 8.45. The van der Waals surface area contributed by atoms with Crippen LogP contribution < -0.4 is 0 Å².